The number of benzene rings is 1. The minimum atomic E-state index is -0.149. The van der Waals surface area contributed by atoms with E-state index in [9.17, 15) is 0 Å². The molecule has 1 aromatic heterocycles. The van der Waals surface area contributed by atoms with Gasteiger partial charge >= 0.3 is 0 Å². The van der Waals surface area contributed by atoms with Crippen LogP contribution >= 0.6 is 0 Å². The van der Waals surface area contributed by atoms with Gasteiger partial charge in [0.25, 0.3) is 0 Å². The summed E-state index contributed by atoms with van der Waals surface area (Å²) in [6, 6.07) is 8.89. The summed E-state index contributed by atoms with van der Waals surface area (Å²) < 4.78 is 5.35. The SMILES string of the molecule is CN=C(NCc1noc(C(C)(C)C)n1)N(C)Cc1ccc(N2CCCCC2)cc1. The number of nitrogens with zero attached hydrogens (tertiary/aromatic N) is 5. The third-order valence-electron chi connectivity index (χ3n) is 5.16. The van der Waals surface area contributed by atoms with Gasteiger partial charge < -0.3 is 19.6 Å². The van der Waals surface area contributed by atoms with Gasteiger partial charge in [0.15, 0.2) is 11.8 Å². The van der Waals surface area contributed by atoms with Crippen molar-refractivity contribution in [2.75, 3.05) is 32.1 Å². The van der Waals surface area contributed by atoms with E-state index >= 15 is 0 Å². The van der Waals surface area contributed by atoms with Gasteiger partial charge in [0.05, 0.1) is 6.54 Å². The Kier molecular flexibility index (Phi) is 6.77. The van der Waals surface area contributed by atoms with Gasteiger partial charge in [-0.25, -0.2) is 0 Å². The Balaban J connectivity index is 1.54. The molecule has 3 rings (SSSR count). The molecule has 0 spiro atoms. The molecular formula is C22H34N6O. The molecule has 7 heteroatoms. The molecule has 0 radical (unpaired) electrons. The fourth-order valence-corrected chi connectivity index (χ4v) is 3.49. The minimum absolute atomic E-state index is 0.149. The van der Waals surface area contributed by atoms with Crippen LogP contribution in [0, 0.1) is 0 Å². The van der Waals surface area contributed by atoms with E-state index in [4.69, 9.17) is 4.52 Å². The zero-order chi connectivity index (χ0) is 20.9. The average molecular weight is 399 g/mol. The number of nitrogens with one attached hydrogen (secondary N) is 1. The van der Waals surface area contributed by atoms with Crippen LogP contribution in [0.5, 0.6) is 0 Å². The predicted molar refractivity (Wildman–Crippen MR) is 117 cm³/mol. The van der Waals surface area contributed by atoms with Gasteiger partial charge in [-0.05, 0) is 37.0 Å². The molecule has 1 aliphatic heterocycles. The number of hydrogen-bond donors (Lipinski definition) is 1. The van der Waals surface area contributed by atoms with Crippen LogP contribution in [0.25, 0.3) is 0 Å². The highest BCUT2D eigenvalue weighted by Gasteiger charge is 2.21. The highest BCUT2D eigenvalue weighted by atomic mass is 16.5. The Morgan fingerprint density at radius 3 is 2.45 bits per heavy atom. The molecule has 158 valence electrons. The normalized spacial score (nSPS) is 15.5. The van der Waals surface area contributed by atoms with Gasteiger partial charge in [0.1, 0.15) is 0 Å². The summed E-state index contributed by atoms with van der Waals surface area (Å²) in [5, 5.41) is 7.38. The zero-order valence-electron chi connectivity index (χ0n) is 18.4. The van der Waals surface area contributed by atoms with Gasteiger partial charge in [-0.1, -0.05) is 38.1 Å². The van der Waals surface area contributed by atoms with Crippen molar-refractivity contribution in [3.63, 3.8) is 0 Å². The maximum absolute atomic E-state index is 5.35. The first-order valence-corrected chi connectivity index (χ1v) is 10.5. The van der Waals surface area contributed by atoms with E-state index in [1.54, 1.807) is 7.05 Å². The van der Waals surface area contributed by atoms with E-state index in [-0.39, 0.29) is 5.41 Å². The van der Waals surface area contributed by atoms with E-state index in [0.29, 0.717) is 18.3 Å². The standard InChI is InChI=1S/C22H34N6O/c1-22(2,3)20-25-19(26-29-20)15-24-21(23-4)27(5)16-17-9-11-18(12-10-17)28-13-7-6-8-14-28/h9-12H,6-8,13-16H2,1-5H3,(H,23,24). The second kappa shape index (κ2) is 9.29. The largest absolute Gasteiger partial charge is 0.372 e. The molecule has 1 fully saturated rings. The van der Waals surface area contributed by atoms with Crippen molar-refractivity contribution in [1.82, 2.24) is 20.4 Å². The molecule has 2 heterocycles. The fourth-order valence-electron chi connectivity index (χ4n) is 3.49. The van der Waals surface area contributed by atoms with Crippen molar-refractivity contribution >= 4 is 11.6 Å². The lowest BCUT2D eigenvalue weighted by molar-refractivity contribution is 0.318. The van der Waals surface area contributed by atoms with E-state index < -0.39 is 0 Å². The Morgan fingerprint density at radius 1 is 1.17 bits per heavy atom. The van der Waals surface area contributed by atoms with E-state index in [1.807, 2.05) is 7.05 Å². The van der Waals surface area contributed by atoms with Gasteiger partial charge in [-0.3, -0.25) is 4.99 Å². The summed E-state index contributed by atoms with van der Waals surface area (Å²) >= 11 is 0. The molecule has 1 N–H and O–H groups in total. The summed E-state index contributed by atoms with van der Waals surface area (Å²) in [6.45, 7) is 9.76. The Hall–Kier alpha value is -2.57. The van der Waals surface area contributed by atoms with Crippen LogP contribution < -0.4 is 10.2 Å². The quantitative estimate of drug-likeness (QED) is 0.613. The minimum Gasteiger partial charge on any atom is -0.372 e. The molecule has 0 bridgehead atoms. The van der Waals surface area contributed by atoms with E-state index in [2.05, 4.69) is 75.3 Å². The van der Waals surface area contributed by atoms with Gasteiger partial charge in [0, 0.05) is 44.8 Å². The first-order chi connectivity index (χ1) is 13.9. The van der Waals surface area contributed by atoms with Crippen LogP contribution in [0.2, 0.25) is 0 Å². The molecule has 7 nitrogen and oxygen atoms in total. The van der Waals surface area contributed by atoms with Gasteiger partial charge in [-0.2, -0.15) is 4.98 Å². The van der Waals surface area contributed by atoms with Crippen LogP contribution in [-0.4, -0.2) is 48.2 Å². The monoisotopic (exact) mass is 398 g/mol. The fraction of sp³-hybridized carbons (Fsp3) is 0.591. The van der Waals surface area contributed by atoms with Crippen LogP contribution in [0.4, 0.5) is 5.69 Å². The van der Waals surface area contributed by atoms with Crippen molar-refractivity contribution in [2.45, 2.75) is 58.5 Å². The third kappa shape index (κ3) is 5.71. The number of rotatable bonds is 5. The van der Waals surface area contributed by atoms with Crippen LogP contribution in [0.1, 0.15) is 57.3 Å². The molecule has 1 aromatic carbocycles. The first-order valence-electron chi connectivity index (χ1n) is 10.5. The molecule has 1 aliphatic rings. The second-order valence-corrected chi connectivity index (χ2v) is 8.74. The molecule has 2 aromatic rings. The number of aromatic nitrogens is 2. The molecular weight excluding hydrogens is 364 g/mol. The second-order valence-electron chi connectivity index (χ2n) is 8.74. The predicted octanol–water partition coefficient (Wildman–Crippen LogP) is 3.56. The van der Waals surface area contributed by atoms with E-state index in [1.165, 1.54) is 43.6 Å². The number of piperidine rings is 1. The molecule has 1 saturated heterocycles. The summed E-state index contributed by atoms with van der Waals surface area (Å²) in [5.41, 5.74) is 2.43. The molecule has 0 saturated carbocycles. The van der Waals surface area contributed by atoms with Crippen molar-refractivity contribution in [3.8, 4) is 0 Å². The number of hydrogen-bond acceptors (Lipinski definition) is 5. The molecule has 0 unspecified atom stereocenters. The summed E-state index contributed by atoms with van der Waals surface area (Å²) in [6.07, 6.45) is 3.95. The molecule has 29 heavy (non-hydrogen) atoms. The molecule has 0 atom stereocenters. The van der Waals surface area contributed by atoms with E-state index in [0.717, 1.165) is 12.5 Å². The highest BCUT2D eigenvalue weighted by molar-refractivity contribution is 5.79. The van der Waals surface area contributed by atoms with Crippen LogP contribution in [-0.2, 0) is 18.5 Å². The molecule has 0 amide bonds. The highest BCUT2D eigenvalue weighted by Crippen LogP contribution is 2.21. The Morgan fingerprint density at radius 2 is 1.86 bits per heavy atom. The number of aliphatic imine (C=N–C) groups is 1. The van der Waals surface area contributed by atoms with Crippen LogP contribution in [0.15, 0.2) is 33.8 Å². The summed E-state index contributed by atoms with van der Waals surface area (Å²) in [4.78, 5) is 13.4. The first kappa shape index (κ1) is 21.1. The maximum Gasteiger partial charge on any atom is 0.232 e. The third-order valence-corrected chi connectivity index (χ3v) is 5.16. The average Bonchev–Trinajstić information content (AvgIpc) is 3.19. The smallest absolute Gasteiger partial charge is 0.232 e. The topological polar surface area (TPSA) is 69.8 Å². The lowest BCUT2D eigenvalue weighted by Crippen LogP contribution is -2.38. The lowest BCUT2D eigenvalue weighted by atomic mass is 9.97. The molecule has 0 aliphatic carbocycles. The maximum atomic E-state index is 5.35. The van der Waals surface area contributed by atoms with Crippen LogP contribution in [0.3, 0.4) is 0 Å². The van der Waals surface area contributed by atoms with Crippen molar-refractivity contribution in [1.29, 1.82) is 0 Å². The van der Waals surface area contributed by atoms with Gasteiger partial charge in [-0.15, -0.1) is 0 Å². The Labute approximate surface area is 174 Å². The summed E-state index contributed by atoms with van der Waals surface area (Å²) in [5.74, 6) is 2.08. The lowest BCUT2D eigenvalue weighted by Gasteiger charge is -2.29. The summed E-state index contributed by atoms with van der Waals surface area (Å²) in [7, 11) is 3.82. The van der Waals surface area contributed by atoms with Gasteiger partial charge in [0.2, 0.25) is 5.89 Å². The van der Waals surface area contributed by atoms with Crippen molar-refractivity contribution in [2.24, 2.45) is 4.99 Å². The zero-order valence-corrected chi connectivity index (χ0v) is 18.4. The number of anilines is 1. The van der Waals surface area contributed by atoms with Crippen molar-refractivity contribution in [3.05, 3.63) is 41.5 Å². The number of guanidine groups is 1. The Bertz CT molecular complexity index is 799. The van der Waals surface area contributed by atoms with Crippen molar-refractivity contribution < 1.29 is 4.52 Å².